The maximum atomic E-state index is 12.8. The highest BCUT2D eigenvalue weighted by Crippen LogP contribution is 2.56. The molecule has 1 saturated carbocycles. The topological polar surface area (TPSA) is 29.6 Å². The Morgan fingerprint density at radius 3 is 2.82 bits per heavy atom. The molecule has 0 aromatic rings. The summed E-state index contributed by atoms with van der Waals surface area (Å²) in [4.78, 5) is 12.8. The van der Waals surface area contributed by atoms with Crippen LogP contribution in [0.4, 0.5) is 0 Å². The van der Waals surface area contributed by atoms with Gasteiger partial charge in [-0.2, -0.15) is 0 Å². The third kappa shape index (κ3) is 2.60. The smallest absolute Gasteiger partial charge is 0.139 e. The number of carbonyl (C=O) groups excluding carboxylic acids is 1. The van der Waals surface area contributed by atoms with Gasteiger partial charge in [0.2, 0.25) is 0 Å². The van der Waals surface area contributed by atoms with Crippen molar-refractivity contribution in [1.82, 2.24) is 0 Å². The number of ketones is 1. The number of ether oxygens (including phenoxy) is 1. The number of rotatable bonds is 1. The van der Waals surface area contributed by atoms with Gasteiger partial charge >= 0.3 is 0 Å². The highest BCUT2D eigenvalue weighted by Gasteiger charge is 2.59. The quantitative estimate of drug-likeness (QED) is 0.512. The van der Waals surface area contributed by atoms with Crippen LogP contribution in [0.25, 0.3) is 0 Å². The van der Waals surface area contributed by atoms with Gasteiger partial charge in [-0.05, 0) is 64.7 Å². The Balaban J connectivity index is 1.92. The maximum absolute atomic E-state index is 12.8. The van der Waals surface area contributed by atoms with Gasteiger partial charge < -0.3 is 4.74 Å². The molecule has 0 spiro atoms. The zero-order chi connectivity index (χ0) is 16.1. The van der Waals surface area contributed by atoms with Crippen molar-refractivity contribution >= 4 is 5.78 Å². The number of Topliss-reactive ketones (excluding diaryl/α,β-unsaturated/α-hetero) is 1. The summed E-state index contributed by atoms with van der Waals surface area (Å²) < 4.78 is 6.03. The average molecular weight is 302 g/mol. The average Bonchev–Trinajstić information content (AvgIpc) is 2.97. The molecule has 2 heteroatoms. The molecule has 3 rings (SSSR count). The summed E-state index contributed by atoms with van der Waals surface area (Å²) in [6.45, 7) is 12.9. The predicted octanol–water partition coefficient (Wildman–Crippen LogP) is 4.84. The molecule has 1 heterocycles. The van der Waals surface area contributed by atoms with Crippen LogP contribution in [0.5, 0.6) is 0 Å². The Kier molecular flexibility index (Phi) is 3.87. The Bertz CT molecular complexity index is 532. The first-order valence-corrected chi connectivity index (χ1v) is 8.78. The van der Waals surface area contributed by atoms with Crippen LogP contribution >= 0.6 is 0 Å². The fraction of sp³-hybridized carbons (Fsp3) is 0.750. The molecule has 0 N–H and O–H groups in total. The van der Waals surface area contributed by atoms with Gasteiger partial charge in [-0.3, -0.25) is 4.79 Å². The number of hydrogen-bond acceptors (Lipinski definition) is 2. The molecule has 5 atom stereocenters. The van der Waals surface area contributed by atoms with Crippen molar-refractivity contribution in [3.63, 3.8) is 0 Å². The monoisotopic (exact) mass is 302 g/mol. The number of epoxide rings is 1. The van der Waals surface area contributed by atoms with Crippen molar-refractivity contribution in [2.24, 2.45) is 17.3 Å². The fourth-order valence-corrected chi connectivity index (χ4v) is 4.77. The zero-order valence-electron chi connectivity index (χ0n) is 14.6. The molecular formula is C20H30O2. The van der Waals surface area contributed by atoms with E-state index in [0.29, 0.717) is 24.0 Å². The summed E-state index contributed by atoms with van der Waals surface area (Å²) in [5.74, 6) is 1.22. The fourth-order valence-electron chi connectivity index (χ4n) is 4.77. The van der Waals surface area contributed by atoms with E-state index in [2.05, 4.69) is 40.3 Å². The molecule has 2 aliphatic carbocycles. The number of fused-ring (bicyclic) bond motifs is 2. The maximum Gasteiger partial charge on any atom is 0.139 e. The molecule has 1 saturated heterocycles. The first kappa shape index (κ1) is 16.0. The predicted molar refractivity (Wildman–Crippen MR) is 89.6 cm³/mol. The first-order valence-electron chi connectivity index (χ1n) is 8.78. The van der Waals surface area contributed by atoms with Gasteiger partial charge in [0.1, 0.15) is 5.78 Å². The van der Waals surface area contributed by atoms with E-state index in [-0.39, 0.29) is 17.1 Å². The Morgan fingerprint density at radius 2 is 2.14 bits per heavy atom. The second-order valence-electron chi connectivity index (χ2n) is 8.36. The minimum atomic E-state index is -0.226. The van der Waals surface area contributed by atoms with Gasteiger partial charge in [0.25, 0.3) is 0 Å². The van der Waals surface area contributed by atoms with E-state index in [1.807, 2.05) is 0 Å². The van der Waals surface area contributed by atoms with Gasteiger partial charge in [0.05, 0.1) is 11.7 Å². The lowest BCUT2D eigenvalue weighted by atomic mass is 9.69. The number of hydrogen-bond donors (Lipinski definition) is 0. The minimum absolute atomic E-state index is 0.00370. The number of allylic oxidation sites excluding steroid dienone is 3. The molecule has 3 aliphatic rings. The lowest BCUT2D eigenvalue weighted by Gasteiger charge is -2.33. The van der Waals surface area contributed by atoms with Crippen LogP contribution in [-0.4, -0.2) is 17.5 Å². The van der Waals surface area contributed by atoms with Gasteiger partial charge in [0, 0.05) is 11.8 Å². The van der Waals surface area contributed by atoms with Crippen molar-refractivity contribution in [1.29, 1.82) is 0 Å². The molecular weight excluding hydrogens is 272 g/mol. The standard InChI is InChI=1S/C20H30O2/c1-13(2)15-11-17(21)19(4)12-18-20(5,22-18)10-6-7-14(3)8-9-16(15)19/h7,15-16,18H,1,6,8-12H2,2-5H3/t15-,16-,18-,19+,20-/m1/s1. The molecule has 2 nitrogen and oxygen atoms in total. The molecule has 0 aromatic carbocycles. The van der Waals surface area contributed by atoms with Crippen LogP contribution < -0.4 is 0 Å². The largest absolute Gasteiger partial charge is 0.366 e. The second kappa shape index (κ2) is 5.33. The van der Waals surface area contributed by atoms with Crippen LogP contribution in [0, 0.1) is 17.3 Å². The SMILES string of the molecule is C=C(C)[C@H]1CC(=O)[C@@]2(C)C[C@H]3O[C@]3(C)CCC=C(C)CC[C@H]12. The Morgan fingerprint density at radius 1 is 1.41 bits per heavy atom. The van der Waals surface area contributed by atoms with Crippen LogP contribution in [0.3, 0.4) is 0 Å². The van der Waals surface area contributed by atoms with E-state index in [9.17, 15) is 4.79 Å². The van der Waals surface area contributed by atoms with Crippen molar-refractivity contribution in [3.8, 4) is 0 Å². The molecule has 1 aliphatic heterocycles. The van der Waals surface area contributed by atoms with Gasteiger partial charge in [-0.1, -0.05) is 30.7 Å². The van der Waals surface area contributed by atoms with Crippen LogP contribution in [-0.2, 0) is 9.53 Å². The molecule has 0 aromatic heterocycles. The van der Waals surface area contributed by atoms with Crippen LogP contribution in [0.2, 0.25) is 0 Å². The van der Waals surface area contributed by atoms with E-state index in [1.54, 1.807) is 0 Å². The Labute approximate surface area is 135 Å². The van der Waals surface area contributed by atoms with E-state index < -0.39 is 0 Å². The summed E-state index contributed by atoms with van der Waals surface area (Å²) in [5, 5.41) is 0. The van der Waals surface area contributed by atoms with Gasteiger partial charge in [-0.15, -0.1) is 0 Å². The molecule has 0 unspecified atom stereocenters. The minimum Gasteiger partial charge on any atom is -0.366 e. The third-order valence-corrected chi connectivity index (χ3v) is 6.61. The van der Waals surface area contributed by atoms with E-state index in [1.165, 1.54) is 11.1 Å². The second-order valence-corrected chi connectivity index (χ2v) is 8.36. The van der Waals surface area contributed by atoms with E-state index in [0.717, 1.165) is 32.1 Å². The third-order valence-electron chi connectivity index (χ3n) is 6.61. The van der Waals surface area contributed by atoms with Gasteiger partial charge in [0.15, 0.2) is 0 Å². The number of carbonyl (C=O) groups is 1. The molecule has 0 radical (unpaired) electrons. The summed E-state index contributed by atoms with van der Waals surface area (Å²) in [7, 11) is 0. The summed E-state index contributed by atoms with van der Waals surface area (Å²) in [5.41, 5.74) is 2.41. The lowest BCUT2D eigenvalue weighted by molar-refractivity contribution is -0.127. The lowest BCUT2D eigenvalue weighted by Crippen LogP contribution is -2.33. The highest BCUT2D eigenvalue weighted by atomic mass is 16.6. The van der Waals surface area contributed by atoms with E-state index >= 15 is 0 Å². The van der Waals surface area contributed by atoms with Crippen molar-refractivity contribution in [3.05, 3.63) is 23.8 Å². The molecule has 122 valence electrons. The molecule has 2 fully saturated rings. The summed E-state index contributed by atoms with van der Waals surface area (Å²) >= 11 is 0. The van der Waals surface area contributed by atoms with Crippen LogP contribution in [0.15, 0.2) is 23.8 Å². The summed E-state index contributed by atoms with van der Waals surface area (Å²) in [6, 6.07) is 0. The van der Waals surface area contributed by atoms with Gasteiger partial charge in [-0.25, -0.2) is 0 Å². The molecule has 0 amide bonds. The zero-order valence-corrected chi connectivity index (χ0v) is 14.6. The summed E-state index contributed by atoms with van der Waals surface area (Å²) in [6.07, 6.45) is 8.61. The first-order chi connectivity index (χ1) is 10.3. The molecule has 22 heavy (non-hydrogen) atoms. The highest BCUT2D eigenvalue weighted by molar-refractivity contribution is 5.88. The normalized spacial score (nSPS) is 45.4. The van der Waals surface area contributed by atoms with Crippen molar-refractivity contribution in [2.75, 3.05) is 0 Å². The van der Waals surface area contributed by atoms with E-state index in [4.69, 9.17) is 4.74 Å². The van der Waals surface area contributed by atoms with Crippen LogP contribution in [0.1, 0.15) is 66.2 Å². The van der Waals surface area contributed by atoms with Crippen molar-refractivity contribution in [2.45, 2.75) is 77.9 Å². The van der Waals surface area contributed by atoms with Crippen molar-refractivity contribution < 1.29 is 9.53 Å². The Hall–Kier alpha value is -0.890. The molecule has 0 bridgehead atoms.